The summed E-state index contributed by atoms with van der Waals surface area (Å²) < 4.78 is 181. The SMILES string of the molecule is C.CS(=O)(=O)Cl.Cc1cc(C)c(NS(C)(=O)=O)c(C)c1N=c1cc2oc3cc(Nc4c(C)cc(C)c(NS(C)(=O)=O)c4C)[c-]cc3c(-c3ccccc3S(=O)(=O)[O-])c-2cc1S(=O)(=O)[O-].O=S(=O)=O.[Na+].[Na+]. The van der Waals surface area contributed by atoms with E-state index in [4.69, 9.17) is 17.0 Å². The van der Waals surface area contributed by atoms with Gasteiger partial charge in [-0.2, -0.15) is 12.1 Å². The summed E-state index contributed by atoms with van der Waals surface area (Å²) in [4.78, 5) is 3.14. The van der Waals surface area contributed by atoms with E-state index in [-0.39, 0.29) is 117 Å². The van der Waals surface area contributed by atoms with Gasteiger partial charge in [0.1, 0.15) is 26.0 Å². The molecule has 1 aliphatic carbocycles. The molecule has 2 aliphatic rings. The first-order valence-electron chi connectivity index (χ1n) is 18.6. The molecule has 4 aromatic carbocycles. The monoisotopic (exact) mass is 1120 g/mol. The molecule has 0 fully saturated rings. The molecule has 0 radical (unpaired) electrons. The van der Waals surface area contributed by atoms with Crippen LogP contribution in [-0.2, 0) is 59.9 Å². The molecule has 0 atom stereocenters. The summed E-state index contributed by atoms with van der Waals surface area (Å²) in [7, 11) is -19.6. The Morgan fingerprint density at radius 1 is 0.643 bits per heavy atom. The van der Waals surface area contributed by atoms with Crippen molar-refractivity contribution in [2.24, 2.45) is 4.99 Å². The number of anilines is 4. The second-order valence-corrected chi connectivity index (χ2v) is 24.6. The summed E-state index contributed by atoms with van der Waals surface area (Å²) >= 11 is 0. The first-order valence-corrected chi connectivity index (χ1v) is 28.9. The van der Waals surface area contributed by atoms with Crippen molar-refractivity contribution >= 4 is 110 Å². The van der Waals surface area contributed by atoms with E-state index in [0.29, 0.717) is 44.9 Å². The summed E-state index contributed by atoms with van der Waals surface area (Å²) in [5.41, 5.74) is 5.07. The molecule has 1 heterocycles. The molecule has 0 unspecified atom stereocenters. The second-order valence-electron chi connectivity index (χ2n) is 14.9. The largest absolute Gasteiger partial charge is 1.00 e. The average molecular weight is 1120 g/mol. The Balaban J connectivity index is 0.00000187. The van der Waals surface area contributed by atoms with Crippen LogP contribution in [0.5, 0.6) is 0 Å². The number of hydrogen-bond donors (Lipinski definition) is 3. The van der Waals surface area contributed by atoms with Gasteiger partial charge in [0.15, 0.2) is 0 Å². The van der Waals surface area contributed by atoms with Crippen molar-refractivity contribution in [3.05, 3.63) is 105 Å². The first-order chi connectivity index (χ1) is 30.5. The van der Waals surface area contributed by atoms with Crippen molar-refractivity contribution < 1.29 is 127 Å². The van der Waals surface area contributed by atoms with Crippen LogP contribution in [0.25, 0.3) is 33.4 Å². The molecule has 1 aliphatic heterocycles. The molecule has 0 amide bonds. The quantitative estimate of drug-likeness (QED) is 0.0543. The third-order valence-corrected chi connectivity index (χ3v) is 12.3. The number of sulfonamides is 2. The average Bonchev–Trinajstić information content (AvgIpc) is 3.14. The molecule has 3 N–H and O–H groups in total. The van der Waals surface area contributed by atoms with Gasteiger partial charge in [-0.05, 0) is 92.6 Å². The Bertz CT molecular complexity index is 3730. The summed E-state index contributed by atoms with van der Waals surface area (Å²) in [6, 6.07) is 17.0. The van der Waals surface area contributed by atoms with Crippen molar-refractivity contribution in [3.63, 3.8) is 0 Å². The van der Waals surface area contributed by atoms with Crippen LogP contribution >= 0.6 is 10.7 Å². The molecule has 0 saturated carbocycles. The minimum absolute atomic E-state index is 0. The predicted molar refractivity (Wildman–Crippen MR) is 257 cm³/mol. The predicted octanol–water partition coefficient (Wildman–Crippen LogP) is 0.207. The number of nitrogens with one attached hydrogen (secondary N) is 3. The van der Waals surface area contributed by atoms with Crippen molar-refractivity contribution in [3.8, 4) is 22.5 Å². The molecule has 29 heteroatoms. The van der Waals surface area contributed by atoms with Gasteiger partial charge in [0.05, 0.1) is 51.0 Å². The van der Waals surface area contributed by atoms with Crippen molar-refractivity contribution in [2.45, 2.75) is 58.8 Å². The van der Waals surface area contributed by atoms with Crippen LogP contribution < -0.4 is 79.2 Å². The molecule has 70 heavy (non-hydrogen) atoms. The van der Waals surface area contributed by atoms with Gasteiger partial charge in [-0.3, -0.25) is 9.44 Å². The maximum absolute atomic E-state index is 13.0. The molecular formula is C41H44ClN4Na2O16S6-. The number of aryl methyl sites for hydroxylation is 4. The number of benzene rings is 5. The minimum atomic E-state index is -5.31. The fraction of sp³-hybridized carbons (Fsp3) is 0.244. The zero-order chi connectivity index (χ0) is 50.9. The zero-order valence-corrected chi connectivity index (χ0v) is 48.2. The van der Waals surface area contributed by atoms with Crippen LogP contribution in [0.1, 0.15) is 40.8 Å². The summed E-state index contributed by atoms with van der Waals surface area (Å²) in [5, 5.41) is 3.08. The second kappa shape index (κ2) is 24.5. The van der Waals surface area contributed by atoms with E-state index in [9.17, 15) is 51.2 Å². The molecular weight excluding hydrogens is 1080 g/mol. The van der Waals surface area contributed by atoms with Crippen LogP contribution in [0.4, 0.5) is 28.4 Å². The van der Waals surface area contributed by atoms with E-state index in [1.165, 1.54) is 36.4 Å². The Labute approximate surface area is 457 Å². The van der Waals surface area contributed by atoms with E-state index >= 15 is 0 Å². The molecule has 0 spiro atoms. The number of nitrogens with zero attached hydrogens (tertiary/aromatic N) is 1. The first kappa shape index (κ1) is 64.6. The maximum atomic E-state index is 13.0. The van der Waals surface area contributed by atoms with E-state index in [0.717, 1.165) is 36.5 Å². The Hall–Kier alpha value is -3.45. The maximum Gasteiger partial charge on any atom is 1.00 e. The van der Waals surface area contributed by atoms with Crippen LogP contribution in [0, 0.1) is 47.6 Å². The van der Waals surface area contributed by atoms with Gasteiger partial charge in [0.2, 0.25) is 29.1 Å². The minimum Gasteiger partial charge on any atom is -0.744 e. The molecule has 0 aromatic heterocycles. The van der Waals surface area contributed by atoms with Gasteiger partial charge < -0.3 is 18.8 Å². The smallest absolute Gasteiger partial charge is 0.744 e. The number of halogens is 1. The third kappa shape index (κ3) is 17.4. The van der Waals surface area contributed by atoms with E-state index in [1.807, 2.05) is 6.92 Å². The molecule has 4 aromatic rings. The van der Waals surface area contributed by atoms with Crippen molar-refractivity contribution in [2.75, 3.05) is 33.5 Å². The van der Waals surface area contributed by atoms with Crippen LogP contribution in [0.3, 0.4) is 0 Å². The van der Waals surface area contributed by atoms with Gasteiger partial charge in [-0.1, -0.05) is 54.4 Å². The van der Waals surface area contributed by atoms with Crippen LogP contribution in [-0.4, -0.2) is 82.6 Å². The van der Waals surface area contributed by atoms with Gasteiger partial charge >= 0.3 is 69.7 Å². The standard InChI is InChI=1S/C39H39N4O11S4.CH3ClO2S.CH4.2Na.O3S/c1-20-15-22(3)38(42-55(7,44)45)24(5)36(20)40-26-13-14-27-31(17-26)54-32-19-30(41-37-21(2)16-23(4)39(25(37)6)43-56(8,46)47)34(58(51,52)53)18-29(32)35(27)28-11-9-10-12-33(28)57(48,49)50;1-5(2,3)4;;;;1-4(2)3/h9-12,14-19,40,42-43H,1-8H3,(H,48,49,50)(H,51,52,53);1H3;1H4;;;/q-1;;;2*+1;/p-2. The van der Waals surface area contributed by atoms with Crippen LogP contribution in [0.2, 0.25) is 0 Å². The Kier molecular flexibility index (Phi) is 22.6. The fourth-order valence-corrected chi connectivity index (χ4v) is 9.73. The molecule has 6 rings (SSSR count). The van der Waals surface area contributed by atoms with E-state index in [1.54, 1.807) is 46.8 Å². The summed E-state index contributed by atoms with van der Waals surface area (Å²) in [6.07, 6.45) is 2.94. The molecule has 370 valence electrons. The summed E-state index contributed by atoms with van der Waals surface area (Å²) in [5.74, 6) is -0.0665. The van der Waals surface area contributed by atoms with Gasteiger partial charge in [0.25, 0.3) is 0 Å². The van der Waals surface area contributed by atoms with Gasteiger partial charge in [0, 0.05) is 33.6 Å². The Morgan fingerprint density at radius 3 is 1.59 bits per heavy atom. The normalized spacial score (nSPS) is 11.9. The van der Waals surface area contributed by atoms with E-state index in [2.05, 4.69) is 36.5 Å². The third-order valence-electron chi connectivity index (χ3n) is 9.40. The number of fused-ring (bicyclic) bond motifs is 2. The Morgan fingerprint density at radius 2 is 1.10 bits per heavy atom. The topological polar surface area (TPSA) is 330 Å². The van der Waals surface area contributed by atoms with Gasteiger partial charge in [-0.25, -0.2) is 47.1 Å². The molecule has 0 saturated heterocycles. The summed E-state index contributed by atoms with van der Waals surface area (Å²) in [6.45, 7) is 10.3. The van der Waals surface area contributed by atoms with E-state index < -0.39 is 69.7 Å². The van der Waals surface area contributed by atoms with Crippen molar-refractivity contribution in [1.29, 1.82) is 0 Å². The molecule has 20 nitrogen and oxygen atoms in total. The molecule has 0 bridgehead atoms. The fourth-order valence-electron chi connectivity index (χ4n) is 7.05. The number of rotatable bonds is 10. The number of hydrogen-bond acceptors (Lipinski definition) is 18. The van der Waals surface area contributed by atoms with Crippen molar-refractivity contribution in [1.82, 2.24) is 0 Å². The zero-order valence-electron chi connectivity index (χ0n) is 38.6. The van der Waals surface area contributed by atoms with Crippen LogP contribution in [0.15, 0.2) is 79.9 Å². The van der Waals surface area contributed by atoms with Gasteiger partial charge in [-0.15, -0.1) is 18.7 Å².